The molecule has 6 nitrogen and oxygen atoms in total. The van der Waals surface area contributed by atoms with Gasteiger partial charge in [-0.3, -0.25) is 0 Å². The second-order valence-electron chi connectivity index (χ2n) is 4.45. The van der Waals surface area contributed by atoms with E-state index in [1.54, 1.807) is 6.92 Å². The Morgan fingerprint density at radius 3 is 2.47 bits per heavy atom. The number of carbonyl (C=O) groups excluding carboxylic acids is 2. The molecule has 0 aromatic heterocycles. The van der Waals surface area contributed by atoms with E-state index >= 15 is 0 Å². The molecule has 0 aromatic carbocycles. The summed E-state index contributed by atoms with van der Waals surface area (Å²) < 4.78 is 20.0. The Hall–Kier alpha value is -1.46. The van der Waals surface area contributed by atoms with Gasteiger partial charge < -0.3 is 18.9 Å². The van der Waals surface area contributed by atoms with Crippen LogP contribution >= 0.6 is 0 Å². The zero-order valence-electron chi connectivity index (χ0n) is 9.93. The van der Waals surface area contributed by atoms with Crippen molar-refractivity contribution in [2.75, 3.05) is 13.2 Å². The molecular weight excluding hydrogens is 228 g/mol. The van der Waals surface area contributed by atoms with Crippen LogP contribution in [0.2, 0.25) is 0 Å². The van der Waals surface area contributed by atoms with Crippen LogP contribution in [0, 0.1) is 5.41 Å². The van der Waals surface area contributed by atoms with Crippen LogP contribution < -0.4 is 0 Å². The fourth-order valence-corrected chi connectivity index (χ4v) is 2.47. The topological polar surface area (TPSA) is 71.1 Å². The summed E-state index contributed by atoms with van der Waals surface area (Å²) in [7, 11) is 0. The molecule has 0 spiro atoms. The summed E-state index contributed by atoms with van der Waals surface area (Å²) in [6, 6.07) is 0. The third-order valence-corrected chi connectivity index (χ3v) is 3.49. The van der Waals surface area contributed by atoms with E-state index in [0.717, 1.165) is 12.8 Å². The second kappa shape index (κ2) is 4.43. The van der Waals surface area contributed by atoms with Crippen molar-refractivity contribution in [3.05, 3.63) is 0 Å². The quantitative estimate of drug-likeness (QED) is 0.706. The SMILES string of the molecule is CCCC1(C2COC(=O)O2)COC(=O)OC1C. The first-order valence-corrected chi connectivity index (χ1v) is 5.75. The number of ether oxygens (including phenoxy) is 4. The zero-order valence-corrected chi connectivity index (χ0v) is 9.93. The van der Waals surface area contributed by atoms with E-state index in [1.165, 1.54) is 0 Å². The fraction of sp³-hybridized carbons (Fsp3) is 0.818. The van der Waals surface area contributed by atoms with Crippen LogP contribution in [0.25, 0.3) is 0 Å². The Morgan fingerprint density at radius 2 is 1.94 bits per heavy atom. The van der Waals surface area contributed by atoms with Crippen molar-refractivity contribution in [2.45, 2.75) is 38.9 Å². The van der Waals surface area contributed by atoms with Crippen molar-refractivity contribution in [1.82, 2.24) is 0 Å². The summed E-state index contributed by atoms with van der Waals surface area (Å²) in [5, 5.41) is 0. The molecule has 6 heteroatoms. The molecule has 2 aliphatic heterocycles. The first kappa shape index (κ1) is 12.0. The van der Waals surface area contributed by atoms with Gasteiger partial charge in [0.25, 0.3) is 0 Å². The number of cyclic esters (lactones) is 4. The van der Waals surface area contributed by atoms with Crippen LogP contribution in [-0.4, -0.2) is 37.7 Å². The van der Waals surface area contributed by atoms with Crippen LogP contribution in [0.15, 0.2) is 0 Å². The molecule has 96 valence electrons. The van der Waals surface area contributed by atoms with E-state index in [2.05, 4.69) is 0 Å². The Labute approximate surface area is 99.2 Å². The van der Waals surface area contributed by atoms with Gasteiger partial charge in [0.2, 0.25) is 0 Å². The lowest BCUT2D eigenvalue weighted by atomic mass is 9.74. The minimum Gasteiger partial charge on any atom is -0.433 e. The molecule has 0 aromatic rings. The van der Waals surface area contributed by atoms with E-state index in [9.17, 15) is 9.59 Å². The van der Waals surface area contributed by atoms with Crippen molar-refractivity contribution < 1.29 is 28.5 Å². The van der Waals surface area contributed by atoms with Gasteiger partial charge in [-0.25, -0.2) is 9.59 Å². The van der Waals surface area contributed by atoms with Gasteiger partial charge in [0.1, 0.15) is 19.3 Å². The maximum atomic E-state index is 11.1. The number of carbonyl (C=O) groups is 2. The van der Waals surface area contributed by atoms with Gasteiger partial charge in [0.15, 0.2) is 6.10 Å². The van der Waals surface area contributed by atoms with Gasteiger partial charge >= 0.3 is 12.3 Å². The van der Waals surface area contributed by atoms with Crippen molar-refractivity contribution in [1.29, 1.82) is 0 Å². The number of hydrogen-bond acceptors (Lipinski definition) is 6. The summed E-state index contributed by atoms with van der Waals surface area (Å²) in [4.78, 5) is 22.1. The molecule has 0 aliphatic carbocycles. The number of rotatable bonds is 3. The molecule has 2 fully saturated rings. The van der Waals surface area contributed by atoms with Crippen LogP contribution in [0.3, 0.4) is 0 Å². The number of hydrogen-bond donors (Lipinski definition) is 0. The van der Waals surface area contributed by atoms with E-state index in [0.29, 0.717) is 0 Å². The largest absolute Gasteiger partial charge is 0.508 e. The molecule has 2 heterocycles. The molecule has 0 bridgehead atoms. The van der Waals surface area contributed by atoms with E-state index in [-0.39, 0.29) is 19.3 Å². The van der Waals surface area contributed by atoms with E-state index < -0.39 is 23.8 Å². The molecule has 0 N–H and O–H groups in total. The summed E-state index contributed by atoms with van der Waals surface area (Å²) >= 11 is 0. The van der Waals surface area contributed by atoms with Crippen LogP contribution in [-0.2, 0) is 18.9 Å². The van der Waals surface area contributed by atoms with Gasteiger partial charge in [-0.05, 0) is 13.3 Å². The predicted octanol–water partition coefficient (Wildman–Crippen LogP) is 1.86. The molecule has 0 saturated carbocycles. The second-order valence-corrected chi connectivity index (χ2v) is 4.45. The molecule has 3 unspecified atom stereocenters. The highest BCUT2D eigenvalue weighted by Gasteiger charge is 2.53. The van der Waals surface area contributed by atoms with Crippen molar-refractivity contribution in [2.24, 2.45) is 5.41 Å². The third kappa shape index (κ3) is 2.03. The van der Waals surface area contributed by atoms with Gasteiger partial charge in [-0.2, -0.15) is 0 Å². The maximum absolute atomic E-state index is 11.1. The minimum absolute atomic E-state index is 0.185. The minimum atomic E-state index is -0.672. The van der Waals surface area contributed by atoms with Crippen molar-refractivity contribution >= 4 is 12.3 Å². The van der Waals surface area contributed by atoms with Gasteiger partial charge in [0.05, 0.1) is 5.41 Å². The molecule has 3 atom stereocenters. The lowest BCUT2D eigenvalue weighted by Gasteiger charge is -2.42. The lowest BCUT2D eigenvalue weighted by Crippen LogP contribution is -2.54. The Kier molecular flexibility index (Phi) is 3.13. The highest BCUT2D eigenvalue weighted by molar-refractivity contribution is 5.63. The van der Waals surface area contributed by atoms with E-state index in [4.69, 9.17) is 18.9 Å². The first-order valence-electron chi connectivity index (χ1n) is 5.75. The van der Waals surface area contributed by atoms with Crippen LogP contribution in [0.5, 0.6) is 0 Å². The molecular formula is C11H16O6. The highest BCUT2D eigenvalue weighted by Crippen LogP contribution is 2.41. The standard InChI is InChI=1S/C11H16O6/c1-3-4-11(8-5-14-9(12)17-8)6-15-10(13)16-7(11)2/h7-8H,3-6H2,1-2H3. The molecule has 17 heavy (non-hydrogen) atoms. The average molecular weight is 244 g/mol. The molecule has 2 saturated heterocycles. The fourth-order valence-electron chi connectivity index (χ4n) is 2.47. The molecule has 2 rings (SSSR count). The zero-order chi connectivity index (χ0) is 12.5. The maximum Gasteiger partial charge on any atom is 0.508 e. The third-order valence-electron chi connectivity index (χ3n) is 3.49. The smallest absolute Gasteiger partial charge is 0.433 e. The Balaban J connectivity index is 2.19. The summed E-state index contributed by atoms with van der Waals surface area (Å²) in [6.07, 6.45) is -0.507. The van der Waals surface area contributed by atoms with Crippen LogP contribution in [0.1, 0.15) is 26.7 Å². The normalized spacial score (nSPS) is 36.8. The molecule has 0 radical (unpaired) electrons. The molecule has 2 aliphatic rings. The van der Waals surface area contributed by atoms with Gasteiger partial charge in [-0.15, -0.1) is 0 Å². The highest BCUT2D eigenvalue weighted by atomic mass is 16.8. The van der Waals surface area contributed by atoms with Crippen molar-refractivity contribution in [3.8, 4) is 0 Å². The predicted molar refractivity (Wildman–Crippen MR) is 55.5 cm³/mol. The van der Waals surface area contributed by atoms with Crippen molar-refractivity contribution in [3.63, 3.8) is 0 Å². The Morgan fingerprint density at radius 1 is 1.24 bits per heavy atom. The average Bonchev–Trinajstić information content (AvgIpc) is 2.70. The van der Waals surface area contributed by atoms with Crippen LogP contribution in [0.4, 0.5) is 9.59 Å². The summed E-state index contributed by atoms with van der Waals surface area (Å²) in [5.41, 5.74) is -0.505. The van der Waals surface area contributed by atoms with Gasteiger partial charge in [-0.1, -0.05) is 13.3 Å². The molecule has 0 amide bonds. The van der Waals surface area contributed by atoms with E-state index in [1.807, 2.05) is 6.92 Å². The summed E-state index contributed by atoms with van der Waals surface area (Å²) in [6.45, 7) is 4.19. The first-order chi connectivity index (χ1) is 8.08. The van der Waals surface area contributed by atoms with Gasteiger partial charge in [0, 0.05) is 0 Å². The Bertz CT molecular complexity index is 328. The summed E-state index contributed by atoms with van der Waals surface area (Å²) in [5.74, 6) is 0. The monoisotopic (exact) mass is 244 g/mol. The lowest BCUT2D eigenvalue weighted by molar-refractivity contribution is -0.146.